The quantitative estimate of drug-likeness (QED) is 0.731. The highest BCUT2D eigenvalue weighted by Gasteiger charge is 2.10. The Kier molecular flexibility index (Phi) is 3.17. The Hall–Kier alpha value is -2.69. The van der Waals surface area contributed by atoms with Crippen molar-refractivity contribution in [3.05, 3.63) is 59.3 Å². The molecule has 0 aliphatic heterocycles. The second-order valence-corrected chi connectivity index (χ2v) is 4.75. The van der Waals surface area contributed by atoms with E-state index in [9.17, 15) is 8.78 Å². The Morgan fingerprint density at radius 2 is 1.86 bits per heavy atom. The summed E-state index contributed by atoms with van der Waals surface area (Å²) >= 11 is 0. The molecule has 0 saturated carbocycles. The molecular formula is C16H13F2N3. The van der Waals surface area contributed by atoms with Gasteiger partial charge in [-0.05, 0) is 24.3 Å². The highest BCUT2D eigenvalue weighted by Crippen LogP contribution is 2.25. The minimum atomic E-state index is -0.477. The summed E-state index contributed by atoms with van der Waals surface area (Å²) in [6.07, 6.45) is 3.33. The van der Waals surface area contributed by atoms with Crippen molar-refractivity contribution < 1.29 is 8.78 Å². The first-order valence-corrected chi connectivity index (χ1v) is 6.40. The fraction of sp³-hybridized carbons (Fsp3) is 0.0625. The summed E-state index contributed by atoms with van der Waals surface area (Å²) < 4.78 is 28.7. The lowest BCUT2D eigenvalue weighted by molar-refractivity contribution is 0.625. The van der Waals surface area contributed by atoms with Crippen LogP contribution in [0.25, 0.3) is 23.1 Å². The molecule has 1 heterocycles. The van der Waals surface area contributed by atoms with Gasteiger partial charge in [0.25, 0.3) is 0 Å². The maximum atomic E-state index is 13.6. The molecule has 0 aliphatic carbocycles. The lowest BCUT2D eigenvalue weighted by atomic mass is 10.1. The van der Waals surface area contributed by atoms with Gasteiger partial charge in [-0.15, -0.1) is 0 Å². The van der Waals surface area contributed by atoms with Gasteiger partial charge in [-0.2, -0.15) is 5.10 Å². The zero-order chi connectivity index (χ0) is 15.0. The standard InChI is InChI=1S/C16H13F2N3/c1-21-16-9-13(18)14(19)8-11(16)15(20-21)7-6-10-4-2-3-5-12(10)17/h2-9H,19H2,1H3/b7-6+. The van der Waals surface area contributed by atoms with E-state index < -0.39 is 5.82 Å². The third kappa shape index (κ3) is 2.38. The molecule has 0 amide bonds. The molecule has 1 aromatic heterocycles. The van der Waals surface area contributed by atoms with Gasteiger partial charge in [-0.25, -0.2) is 8.78 Å². The molecule has 0 aliphatic rings. The van der Waals surface area contributed by atoms with Crippen molar-refractivity contribution in [2.24, 2.45) is 7.05 Å². The van der Waals surface area contributed by atoms with Crippen LogP contribution >= 0.6 is 0 Å². The van der Waals surface area contributed by atoms with Crippen LogP contribution in [0.5, 0.6) is 0 Å². The number of aryl methyl sites for hydroxylation is 1. The topological polar surface area (TPSA) is 43.8 Å². The molecule has 2 aromatic carbocycles. The molecule has 0 fully saturated rings. The van der Waals surface area contributed by atoms with Gasteiger partial charge in [0.15, 0.2) is 0 Å². The van der Waals surface area contributed by atoms with Crippen LogP contribution in [0.3, 0.4) is 0 Å². The van der Waals surface area contributed by atoms with Crippen LogP contribution in [0.1, 0.15) is 11.3 Å². The fourth-order valence-electron chi connectivity index (χ4n) is 2.22. The highest BCUT2D eigenvalue weighted by molar-refractivity contribution is 5.91. The smallest absolute Gasteiger partial charge is 0.148 e. The average molecular weight is 285 g/mol. The lowest BCUT2D eigenvalue weighted by Crippen LogP contribution is -1.92. The predicted octanol–water partition coefficient (Wildman–Crippen LogP) is 3.60. The molecule has 0 saturated heterocycles. The first-order valence-electron chi connectivity index (χ1n) is 6.40. The second-order valence-electron chi connectivity index (χ2n) is 4.75. The maximum Gasteiger partial charge on any atom is 0.148 e. The van der Waals surface area contributed by atoms with E-state index in [2.05, 4.69) is 5.10 Å². The average Bonchev–Trinajstić information content (AvgIpc) is 2.75. The normalized spacial score (nSPS) is 11.6. The Labute approximate surface area is 120 Å². The molecule has 0 spiro atoms. The van der Waals surface area contributed by atoms with E-state index in [1.54, 1.807) is 48.1 Å². The summed E-state index contributed by atoms with van der Waals surface area (Å²) in [5, 5.41) is 5.03. The molecular weight excluding hydrogens is 272 g/mol. The molecule has 106 valence electrons. The van der Waals surface area contributed by atoms with Crippen molar-refractivity contribution in [3.8, 4) is 0 Å². The molecule has 0 bridgehead atoms. The number of benzene rings is 2. The van der Waals surface area contributed by atoms with Crippen LogP contribution < -0.4 is 5.73 Å². The number of halogens is 2. The van der Waals surface area contributed by atoms with Crippen molar-refractivity contribution in [2.45, 2.75) is 0 Å². The lowest BCUT2D eigenvalue weighted by Gasteiger charge is -1.98. The number of nitrogens with zero attached hydrogens (tertiary/aromatic N) is 2. The molecule has 3 aromatic rings. The molecule has 0 atom stereocenters. The van der Waals surface area contributed by atoms with Crippen molar-refractivity contribution in [2.75, 3.05) is 5.73 Å². The van der Waals surface area contributed by atoms with Crippen molar-refractivity contribution in [1.29, 1.82) is 0 Å². The van der Waals surface area contributed by atoms with Crippen LogP contribution in [0.15, 0.2) is 36.4 Å². The van der Waals surface area contributed by atoms with Gasteiger partial charge in [-0.3, -0.25) is 4.68 Å². The van der Waals surface area contributed by atoms with E-state index in [1.807, 2.05) is 0 Å². The maximum absolute atomic E-state index is 13.6. The van der Waals surface area contributed by atoms with E-state index in [0.29, 0.717) is 16.8 Å². The number of fused-ring (bicyclic) bond motifs is 1. The molecule has 3 nitrogen and oxygen atoms in total. The number of aromatic nitrogens is 2. The molecule has 5 heteroatoms. The molecule has 21 heavy (non-hydrogen) atoms. The van der Waals surface area contributed by atoms with Crippen LogP contribution in [0.4, 0.5) is 14.5 Å². The fourth-order valence-corrected chi connectivity index (χ4v) is 2.22. The van der Waals surface area contributed by atoms with Crippen LogP contribution in [0.2, 0.25) is 0 Å². The van der Waals surface area contributed by atoms with Gasteiger partial charge in [0.2, 0.25) is 0 Å². The van der Waals surface area contributed by atoms with Gasteiger partial charge in [0, 0.05) is 24.1 Å². The van der Waals surface area contributed by atoms with Gasteiger partial charge < -0.3 is 5.73 Å². The number of anilines is 1. The SMILES string of the molecule is Cn1nc(/C=C/c2ccccc2F)c2cc(N)c(F)cc21. The van der Waals surface area contributed by atoms with E-state index in [1.165, 1.54) is 12.1 Å². The van der Waals surface area contributed by atoms with E-state index in [0.717, 1.165) is 5.39 Å². The van der Waals surface area contributed by atoms with Crippen molar-refractivity contribution >= 4 is 28.7 Å². The van der Waals surface area contributed by atoms with Crippen LogP contribution in [-0.2, 0) is 7.05 Å². The van der Waals surface area contributed by atoms with Gasteiger partial charge in [0.1, 0.15) is 11.6 Å². The number of hydrogen-bond donors (Lipinski definition) is 1. The van der Waals surface area contributed by atoms with E-state index in [-0.39, 0.29) is 11.5 Å². The number of nitrogen functional groups attached to an aromatic ring is 1. The second kappa shape index (κ2) is 5.01. The minimum Gasteiger partial charge on any atom is -0.396 e. The molecule has 2 N–H and O–H groups in total. The zero-order valence-electron chi connectivity index (χ0n) is 11.3. The van der Waals surface area contributed by atoms with Crippen LogP contribution in [-0.4, -0.2) is 9.78 Å². The van der Waals surface area contributed by atoms with Crippen LogP contribution in [0, 0.1) is 11.6 Å². The van der Waals surface area contributed by atoms with E-state index >= 15 is 0 Å². The summed E-state index contributed by atoms with van der Waals surface area (Å²) in [7, 11) is 1.72. The first kappa shape index (κ1) is 13.3. The molecule has 3 rings (SSSR count). The Morgan fingerprint density at radius 1 is 1.10 bits per heavy atom. The molecule has 0 unspecified atom stereocenters. The summed E-state index contributed by atoms with van der Waals surface area (Å²) in [6, 6.07) is 9.34. The van der Waals surface area contributed by atoms with E-state index in [4.69, 9.17) is 5.73 Å². The summed E-state index contributed by atoms with van der Waals surface area (Å²) in [5.41, 5.74) is 7.38. The predicted molar refractivity (Wildman–Crippen MR) is 80.4 cm³/mol. The number of rotatable bonds is 2. The largest absolute Gasteiger partial charge is 0.396 e. The Morgan fingerprint density at radius 3 is 2.62 bits per heavy atom. The van der Waals surface area contributed by atoms with Gasteiger partial charge in [-0.1, -0.05) is 18.2 Å². The van der Waals surface area contributed by atoms with Crippen molar-refractivity contribution in [1.82, 2.24) is 9.78 Å². The Balaban J connectivity index is 2.09. The zero-order valence-corrected chi connectivity index (χ0v) is 11.3. The number of hydrogen-bond acceptors (Lipinski definition) is 2. The first-order chi connectivity index (χ1) is 10.1. The summed E-state index contributed by atoms with van der Waals surface area (Å²) in [4.78, 5) is 0. The Bertz CT molecular complexity index is 850. The molecule has 0 radical (unpaired) electrons. The third-order valence-electron chi connectivity index (χ3n) is 3.32. The summed E-state index contributed by atoms with van der Waals surface area (Å²) in [6.45, 7) is 0. The number of nitrogens with two attached hydrogens (primary N) is 1. The monoisotopic (exact) mass is 285 g/mol. The third-order valence-corrected chi connectivity index (χ3v) is 3.32. The minimum absolute atomic E-state index is 0.0658. The van der Waals surface area contributed by atoms with Crippen molar-refractivity contribution in [3.63, 3.8) is 0 Å². The highest BCUT2D eigenvalue weighted by atomic mass is 19.1. The summed E-state index contributed by atoms with van der Waals surface area (Å²) in [5.74, 6) is -0.783. The van der Waals surface area contributed by atoms with Gasteiger partial charge >= 0.3 is 0 Å². The van der Waals surface area contributed by atoms with Gasteiger partial charge in [0.05, 0.1) is 16.9 Å².